The molecule has 1 aliphatic carbocycles. The number of halogens is 4. The van der Waals surface area contributed by atoms with Gasteiger partial charge in [0.15, 0.2) is 0 Å². The van der Waals surface area contributed by atoms with Gasteiger partial charge in [0.25, 0.3) is 17.7 Å². The van der Waals surface area contributed by atoms with E-state index in [-0.39, 0.29) is 53.3 Å². The minimum absolute atomic E-state index is 0.0682. The van der Waals surface area contributed by atoms with Crippen LogP contribution in [0.2, 0.25) is 63.0 Å². The Morgan fingerprint density at radius 3 is 1.38 bits per heavy atom. The van der Waals surface area contributed by atoms with Crippen LogP contribution in [0.15, 0.2) is 72.8 Å². The lowest BCUT2D eigenvalue weighted by Crippen LogP contribution is -2.47. The van der Waals surface area contributed by atoms with Crippen molar-refractivity contribution in [2.75, 3.05) is 18.5 Å². The van der Waals surface area contributed by atoms with Crippen molar-refractivity contribution in [3.05, 3.63) is 124 Å². The molecule has 3 amide bonds. The first-order valence-corrected chi connectivity index (χ1v) is 36.6. The van der Waals surface area contributed by atoms with Gasteiger partial charge >= 0.3 is 0 Å². The van der Waals surface area contributed by atoms with Crippen molar-refractivity contribution in [2.24, 2.45) is 0 Å². The number of hydrogen-bond acceptors (Lipinski definition) is 5. The van der Waals surface area contributed by atoms with Crippen LogP contribution >= 0.6 is 0 Å². The van der Waals surface area contributed by atoms with Crippen molar-refractivity contribution in [3.63, 3.8) is 0 Å². The average molecular weight is 1060 g/mol. The number of benzene rings is 4. The molecule has 8 nitrogen and oxygen atoms in total. The summed E-state index contributed by atoms with van der Waals surface area (Å²) in [4.78, 5) is 38.5. The van der Waals surface area contributed by atoms with Crippen LogP contribution in [0.5, 0.6) is 0 Å². The van der Waals surface area contributed by atoms with Gasteiger partial charge < -0.3 is 25.4 Å². The third-order valence-electron chi connectivity index (χ3n) is 16.2. The molecule has 4 aromatic carbocycles. The van der Waals surface area contributed by atoms with Crippen molar-refractivity contribution in [1.29, 1.82) is 0 Å². The second kappa shape index (κ2) is 25.4. The summed E-state index contributed by atoms with van der Waals surface area (Å²) in [6, 6.07) is 23.9. The van der Waals surface area contributed by atoms with Crippen LogP contribution in [0, 0.1) is 30.2 Å². The molecule has 398 valence electrons. The molecule has 15 heteroatoms. The summed E-state index contributed by atoms with van der Waals surface area (Å²) in [5.74, 6) is -4.86. The molecule has 1 saturated carbocycles. The first-order chi connectivity index (χ1) is 34.6. The summed E-state index contributed by atoms with van der Waals surface area (Å²) in [5.41, 5.74) is 1.47. The fraction of sp³-hybridized carbons (Fsp3) is 0.534. The second-order valence-electron chi connectivity index (χ2n) is 22.9. The van der Waals surface area contributed by atoms with Crippen molar-refractivity contribution in [2.45, 2.75) is 185 Å². The standard InChI is InChI=1S/C32H48N2O4Si2.C26H33F4NOSi/c1-7-9-19-39(3,4)25-15-11-23(12-16-25)31(35)33-27-21-37-30-28(22-38-29(27)30)34-32(36)24-13-17-26(18-14-24)40(5,6)20-10-8-2;1-5-6-11-33(3,4)20-9-7-17(8-10-20)18-12-23(29)25(24(30)13-18)26(32)31-19-14-21(27)16(2)22(28)15-19/h11-18,27-30H,7-10,19-22H2,1-6H3,(H,33,35)(H,34,36);12-15,17,20H,5-11H2,1-4H3,(H,31,32)/t27-,28+,29-,30-;/m1./s1. The summed E-state index contributed by atoms with van der Waals surface area (Å²) >= 11 is 0. The van der Waals surface area contributed by atoms with E-state index >= 15 is 0 Å². The Bertz CT molecular complexity index is 2380. The Balaban J connectivity index is 0.000000243. The van der Waals surface area contributed by atoms with E-state index in [1.165, 1.54) is 86.1 Å². The molecule has 2 saturated heterocycles. The van der Waals surface area contributed by atoms with Gasteiger partial charge in [-0.15, -0.1) is 0 Å². The molecule has 0 spiro atoms. The molecule has 3 N–H and O–H groups in total. The highest BCUT2D eigenvalue weighted by Gasteiger charge is 2.49. The van der Waals surface area contributed by atoms with Crippen LogP contribution in [0.4, 0.5) is 23.2 Å². The quantitative estimate of drug-likeness (QED) is 0.0641. The summed E-state index contributed by atoms with van der Waals surface area (Å²) < 4.78 is 69.2. The Kier molecular flexibility index (Phi) is 20.1. The van der Waals surface area contributed by atoms with E-state index in [9.17, 15) is 31.9 Å². The Hall–Kier alpha value is -4.42. The number of anilines is 1. The normalized spacial score (nSPS) is 21.0. The van der Waals surface area contributed by atoms with Gasteiger partial charge in [-0.3, -0.25) is 14.4 Å². The number of fused-ring (bicyclic) bond motifs is 1. The zero-order chi connectivity index (χ0) is 53.3. The minimum Gasteiger partial charge on any atom is -0.371 e. The SMILES string of the molecule is CCCC[Si](C)(C)C1CCC(c2cc(F)c(C(=O)Nc3cc(F)c(C)c(F)c3)c(F)c2)CC1.CCCC[Si](C)(C)c1ccc(C(=O)N[C@H]2CO[C@H]3[C@@H]2OC[C@H]3NC(=O)c2ccc([Si](C)(C)CCCC)cc2)cc1. The van der Waals surface area contributed by atoms with Gasteiger partial charge in [-0.2, -0.15) is 0 Å². The number of hydrogen-bond donors (Lipinski definition) is 3. The van der Waals surface area contributed by atoms with Gasteiger partial charge in [-0.05, 0) is 85.3 Å². The molecule has 2 heterocycles. The van der Waals surface area contributed by atoms with E-state index in [1.54, 1.807) is 0 Å². The number of unbranched alkanes of at least 4 members (excludes halogenated alkanes) is 3. The number of carbonyl (C=O) groups excluding carboxylic acids is 3. The van der Waals surface area contributed by atoms with E-state index in [1.807, 2.05) is 24.3 Å². The predicted molar refractivity (Wildman–Crippen MR) is 296 cm³/mol. The van der Waals surface area contributed by atoms with Gasteiger partial charge in [-0.25, -0.2) is 17.6 Å². The Morgan fingerprint density at radius 1 is 0.562 bits per heavy atom. The maximum atomic E-state index is 14.8. The van der Waals surface area contributed by atoms with Crippen LogP contribution in [0.1, 0.15) is 133 Å². The predicted octanol–water partition coefficient (Wildman–Crippen LogP) is 13.2. The van der Waals surface area contributed by atoms with Crippen molar-refractivity contribution < 1.29 is 41.4 Å². The Labute approximate surface area is 435 Å². The third-order valence-corrected chi connectivity index (χ3v) is 27.6. The maximum absolute atomic E-state index is 14.8. The number of ether oxygens (including phenoxy) is 2. The van der Waals surface area contributed by atoms with E-state index in [4.69, 9.17) is 9.47 Å². The lowest BCUT2D eigenvalue weighted by molar-refractivity contribution is 0.0628. The van der Waals surface area contributed by atoms with Gasteiger partial charge in [0.05, 0.1) is 49.5 Å². The molecule has 2 aliphatic heterocycles. The summed E-state index contributed by atoms with van der Waals surface area (Å²) in [5, 5.41) is 11.2. The smallest absolute Gasteiger partial charge is 0.261 e. The highest BCUT2D eigenvalue weighted by Crippen LogP contribution is 2.45. The van der Waals surface area contributed by atoms with E-state index < -0.39 is 59.0 Å². The lowest BCUT2D eigenvalue weighted by atomic mass is 9.83. The molecule has 3 aliphatic rings. The number of nitrogens with one attached hydrogen (secondary N) is 3. The van der Waals surface area contributed by atoms with Crippen molar-refractivity contribution in [1.82, 2.24) is 10.6 Å². The minimum atomic E-state index is -1.48. The van der Waals surface area contributed by atoms with Gasteiger partial charge in [0.2, 0.25) is 0 Å². The molecule has 0 aromatic heterocycles. The maximum Gasteiger partial charge on any atom is 0.261 e. The fourth-order valence-electron chi connectivity index (χ4n) is 10.9. The Morgan fingerprint density at radius 2 is 0.973 bits per heavy atom. The van der Waals surface area contributed by atoms with Crippen LogP contribution < -0.4 is 26.3 Å². The summed E-state index contributed by atoms with van der Waals surface area (Å²) in [6.07, 6.45) is 10.8. The van der Waals surface area contributed by atoms with Crippen molar-refractivity contribution >= 4 is 58.0 Å². The topological polar surface area (TPSA) is 106 Å². The second-order valence-corrected chi connectivity index (χ2v) is 37.9. The van der Waals surface area contributed by atoms with E-state index in [2.05, 4.69) is 100 Å². The van der Waals surface area contributed by atoms with Crippen LogP contribution in [0.25, 0.3) is 0 Å². The van der Waals surface area contributed by atoms with E-state index in [0.29, 0.717) is 29.9 Å². The molecular formula is C58H81F4N3O5Si3. The average Bonchev–Trinajstić information content (AvgIpc) is 3.96. The molecule has 0 unspecified atom stereocenters. The first-order valence-electron chi connectivity index (χ1n) is 26.9. The van der Waals surface area contributed by atoms with Crippen LogP contribution in [0.3, 0.4) is 0 Å². The number of carbonyl (C=O) groups is 3. The summed E-state index contributed by atoms with van der Waals surface area (Å²) in [6.45, 7) is 23.2. The molecule has 73 heavy (non-hydrogen) atoms. The molecular weight excluding hydrogens is 979 g/mol. The summed E-state index contributed by atoms with van der Waals surface area (Å²) in [7, 11) is -4.26. The van der Waals surface area contributed by atoms with Gasteiger partial charge in [0.1, 0.15) is 41.0 Å². The fourth-order valence-corrected chi connectivity index (χ4v) is 19.7. The molecule has 4 aromatic rings. The van der Waals surface area contributed by atoms with Crippen molar-refractivity contribution in [3.8, 4) is 0 Å². The van der Waals surface area contributed by atoms with Crippen LogP contribution in [-0.4, -0.2) is 79.4 Å². The van der Waals surface area contributed by atoms with Gasteiger partial charge in [0, 0.05) is 22.4 Å². The highest BCUT2D eigenvalue weighted by molar-refractivity contribution is 6.90. The molecule has 4 atom stereocenters. The zero-order valence-electron chi connectivity index (χ0n) is 45.1. The zero-order valence-corrected chi connectivity index (χ0v) is 48.1. The van der Waals surface area contributed by atoms with Gasteiger partial charge in [-0.1, -0.05) is 164 Å². The first kappa shape index (κ1) is 57.9. The van der Waals surface area contributed by atoms with Crippen LogP contribution in [-0.2, 0) is 9.47 Å². The third kappa shape index (κ3) is 14.7. The molecule has 0 radical (unpaired) electrons. The highest BCUT2D eigenvalue weighted by atomic mass is 28.3. The largest absolute Gasteiger partial charge is 0.371 e. The molecule has 7 rings (SSSR count). The lowest BCUT2D eigenvalue weighted by Gasteiger charge is -2.38. The monoisotopic (exact) mass is 1060 g/mol. The molecule has 3 fully saturated rings. The van der Waals surface area contributed by atoms with E-state index in [0.717, 1.165) is 43.4 Å². The number of rotatable bonds is 19. The number of amides is 3. The molecule has 0 bridgehead atoms.